The van der Waals surface area contributed by atoms with E-state index >= 15 is 0 Å². The van der Waals surface area contributed by atoms with Gasteiger partial charge in [-0.1, -0.05) is 18.2 Å². The molecular formula is C25H23N5O4. The number of aromatic nitrogens is 2. The summed E-state index contributed by atoms with van der Waals surface area (Å²) in [4.78, 5) is 48.5. The summed E-state index contributed by atoms with van der Waals surface area (Å²) >= 11 is 0. The fourth-order valence-corrected chi connectivity index (χ4v) is 4.43. The van der Waals surface area contributed by atoms with E-state index in [2.05, 4.69) is 20.6 Å². The third kappa shape index (κ3) is 4.07. The number of carbonyl (C=O) groups is 3. The van der Waals surface area contributed by atoms with Gasteiger partial charge in [0, 0.05) is 25.0 Å². The molecule has 2 N–H and O–H groups in total. The first-order valence-corrected chi connectivity index (χ1v) is 11.0. The zero-order valence-corrected chi connectivity index (χ0v) is 18.5. The van der Waals surface area contributed by atoms with Gasteiger partial charge in [0.1, 0.15) is 17.5 Å². The molecule has 3 amide bonds. The van der Waals surface area contributed by atoms with Crippen LogP contribution >= 0.6 is 0 Å². The number of ether oxygens (including phenoxy) is 1. The van der Waals surface area contributed by atoms with Crippen LogP contribution < -0.4 is 15.4 Å². The van der Waals surface area contributed by atoms with Gasteiger partial charge >= 0.3 is 0 Å². The van der Waals surface area contributed by atoms with E-state index in [0.29, 0.717) is 30.6 Å². The highest BCUT2D eigenvalue weighted by molar-refractivity contribution is 6.10. The maximum atomic E-state index is 13.5. The molecule has 9 nitrogen and oxygen atoms in total. The fraction of sp³-hybridized carbons (Fsp3) is 0.240. The van der Waals surface area contributed by atoms with E-state index < -0.39 is 6.04 Å². The predicted octanol–water partition coefficient (Wildman–Crippen LogP) is 2.51. The number of amides is 3. The third-order valence-electron chi connectivity index (χ3n) is 6.23. The summed E-state index contributed by atoms with van der Waals surface area (Å²) in [6, 6.07) is 12.1. The van der Waals surface area contributed by atoms with Gasteiger partial charge in [-0.2, -0.15) is 0 Å². The van der Waals surface area contributed by atoms with Crippen molar-refractivity contribution in [2.75, 3.05) is 19.0 Å². The zero-order chi connectivity index (χ0) is 23.7. The topological polar surface area (TPSA) is 114 Å². The molecule has 172 valence electrons. The monoisotopic (exact) mass is 457 g/mol. The SMILES string of the molecule is COc1ccc(-c2ccc3c(c2)C(=O)N2CCC(NC(=O)c4cnccn4)CC2C(=O)N3)cc1. The lowest BCUT2D eigenvalue weighted by atomic mass is 9.95. The molecule has 3 aromatic rings. The molecule has 2 aliphatic rings. The van der Waals surface area contributed by atoms with E-state index in [-0.39, 0.29) is 29.5 Å². The van der Waals surface area contributed by atoms with Crippen LogP contribution in [0, 0.1) is 0 Å². The molecule has 1 saturated heterocycles. The van der Waals surface area contributed by atoms with Crippen LogP contribution in [0.5, 0.6) is 5.75 Å². The van der Waals surface area contributed by atoms with Crippen LogP contribution in [0.4, 0.5) is 5.69 Å². The Morgan fingerprint density at radius 2 is 1.91 bits per heavy atom. The van der Waals surface area contributed by atoms with Crippen molar-refractivity contribution < 1.29 is 19.1 Å². The number of methoxy groups -OCH3 is 1. The van der Waals surface area contributed by atoms with Gasteiger partial charge in [-0.25, -0.2) is 4.98 Å². The molecule has 9 heteroatoms. The normalized spacial score (nSPS) is 19.4. The Morgan fingerprint density at radius 1 is 1.12 bits per heavy atom. The molecule has 0 saturated carbocycles. The summed E-state index contributed by atoms with van der Waals surface area (Å²) in [5.41, 5.74) is 2.96. The first kappa shape index (κ1) is 21.6. The van der Waals surface area contributed by atoms with Gasteiger partial charge in [0.2, 0.25) is 5.91 Å². The number of piperidine rings is 1. The highest BCUT2D eigenvalue weighted by atomic mass is 16.5. The third-order valence-corrected chi connectivity index (χ3v) is 6.23. The molecule has 0 bridgehead atoms. The summed E-state index contributed by atoms with van der Waals surface area (Å²) in [7, 11) is 1.61. The second-order valence-corrected chi connectivity index (χ2v) is 8.28. The maximum absolute atomic E-state index is 13.5. The number of hydrogen-bond donors (Lipinski definition) is 2. The van der Waals surface area contributed by atoms with Crippen LogP contribution in [0.15, 0.2) is 61.1 Å². The Bertz CT molecular complexity index is 1250. The molecule has 2 aromatic carbocycles. The highest BCUT2D eigenvalue weighted by Crippen LogP contribution is 2.32. The molecule has 2 atom stereocenters. The summed E-state index contributed by atoms with van der Waals surface area (Å²) in [5, 5.41) is 5.81. The summed E-state index contributed by atoms with van der Waals surface area (Å²) in [6.07, 6.45) is 5.20. The summed E-state index contributed by atoms with van der Waals surface area (Å²) in [6.45, 7) is 0.356. The van der Waals surface area contributed by atoms with Crippen molar-refractivity contribution >= 4 is 23.4 Å². The largest absolute Gasteiger partial charge is 0.497 e. The molecule has 1 aromatic heterocycles. The van der Waals surface area contributed by atoms with Crippen molar-refractivity contribution in [3.63, 3.8) is 0 Å². The van der Waals surface area contributed by atoms with Gasteiger partial charge in [-0.3, -0.25) is 19.4 Å². The Labute approximate surface area is 196 Å². The maximum Gasteiger partial charge on any atom is 0.271 e. The lowest BCUT2D eigenvalue weighted by molar-refractivity contribution is -0.121. The van der Waals surface area contributed by atoms with Crippen molar-refractivity contribution in [1.29, 1.82) is 0 Å². The van der Waals surface area contributed by atoms with Crippen molar-refractivity contribution in [3.8, 4) is 16.9 Å². The lowest BCUT2D eigenvalue weighted by Crippen LogP contribution is -2.55. The van der Waals surface area contributed by atoms with Crippen molar-refractivity contribution in [2.45, 2.75) is 24.9 Å². The first-order chi connectivity index (χ1) is 16.5. The van der Waals surface area contributed by atoms with Crippen LogP contribution in [0.2, 0.25) is 0 Å². The van der Waals surface area contributed by atoms with E-state index in [1.807, 2.05) is 36.4 Å². The summed E-state index contributed by atoms with van der Waals surface area (Å²) in [5.74, 6) is -0.0616. The molecule has 2 aliphatic heterocycles. The van der Waals surface area contributed by atoms with E-state index in [0.717, 1.165) is 16.9 Å². The molecule has 0 spiro atoms. The van der Waals surface area contributed by atoms with Crippen LogP contribution in [-0.2, 0) is 4.79 Å². The molecule has 5 rings (SSSR count). The number of nitrogens with one attached hydrogen (secondary N) is 2. The van der Waals surface area contributed by atoms with Crippen molar-refractivity contribution in [2.24, 2.45) is 0 Å². The molecular weight excluding hydrogens is 434 g/mol. The molecule has 3 heterocycles. The number of benzene rings is 2. The van der Waals surface area contributed by atoms with E-state index in [1.165, 1.54) is 18.6 Å². The Kier molecular flexibility index (Phi) is 5.67. The standard InChI is InChI=1S/C25H23N5O4/c1-34-18-5-2-15(3-6-18)16-4-7-20-19(12-16)25(33)30-11-8-17(13-22(30)24(32)29-20)28-23(31)21-14-26-9-10-27-21/h2-7,9-10,12,14,17,22H,8,11,13H2,1H3,(H,28,31)(H,29,32). The van der Waals surface area contributed by atoms with E-state index in [4.69, 9.17) is 4.74 Å². The second kappa shape index (κ2) is 8.93. The van der Waals surface area contributed by atoms with Crippen LogP contribution in [0.3, 0.4) is 0 Å². The number of fused-ring (bicyclic) bond motifs is 2. The number of anilines is 1. The smallest absolute Gasteiger partial charge is 0.271 e. The minimum Gasteiger partial charge on any atom is -0.497 e. The lowest BCUT2D eigenvalue weighted by Gasteiger charge is -2.37. The van der Waals surface area contributed by atoms with Gasteiger partial charge in [0.05, 0.1) is 24.6 Å². The van der Waals surface area contributed by atoms with Crippen LogP contribution in [-0.4, -0.2) is 58.3 Å². The molecule has 0 aliphatic carbocycles. The zero-order valence-electron chi connectivity index (χ0n) is 18.5. The Hall–Kier alpha value is -4.27. The molecule has 34 heavy (non-hydrogen) atoms. The predicted molar refractivity (Wildman–Crippen MR) is 124 cm³/mol. The van der Waals surface area contributed by atoms with Gasteiger partial charge < -0.3 is 20.3 Å². The molecule has 2 unspecified atom stereocenters. The van der Waals surface area contributed by atoms with Gasteiger partial charge in [0.15, 0.2) is 0 Å². The van der Waals surface area contributed by atoms with Crippen LogP contribution in [0.25, 0.3) is 11.1 Å². The fourth-order valence-electron chi connectivity index (χ4n) is 4.43. The average Bonchev–Trinajstić information content (AvgIpc) is 2.98. The number of rotatable bonds is 4. The van der Waals surface area contributed by atoms with Gasteiger partial charge in [-0.15, -0.1) is 0 Å². The summed E-state index contributed by atoms with van der Waals surface area (Å²) < 4.78 is 5.22. The average molecular weight is 457 g/mol. The number of nitrogens with zero attached hydrogens (tertiary/aromatic N) is 3. The minimum absolute atomic E-state index is 0.201. The number of hydrogen-bond acceptors (Lipinski definition) is 6. The van der Waals surface area contributed by atoms with Crippen molar-refractivity contribution in [1.82, 2.24) is 20.2 Å². The molecule has 1 fully saturated rings. The quantitative estimate of drug-likeness (QED) is 0.622. The van der Waals surface area contributed by atoms with E-state index in [9.17, 15) is 14.4 Å². The van der Waals surface area contributed by atoms with Crippen molar-refractivity contribution in [3.05, 3.63) is 72.3 Å². The highest BCUT2D eigenvalue weighted by Gasteiger charge is 2.40. The van der Waals surface area contributed by atoms with Gasteiger partial charge in [0.25, 0.3) is 11.8 Å². The number of carbonyl (C=O) groups excluding carboxylic acids is 3. The van der Waals surface area contributed by atoms with E-state index in [1.54, 1.807) is 18.1 Å². The van der Waals surface area contributed by atoms with Crippen LogP contribution in [0.1, 0.15) is 33.7 Å². The minimum atomic E-state index is -0.676. The second-order valence-electron chi connectivity index (χ2n) is 8.28. The van der Waals surface area contributed by atoms with Gasteiger partial charge in [-0.05, 0) is 48.2 Å². The first-order valence-electron chi connectivity index (χ1n) is 11.0. The Morgan fingerprint density at radius 3 is 2.65 bits per heavy atom. The molecule has 0 radical (unpaired) electrons. The Balaban J connectivity index is 1.36.